The van der Waals surface area contributed by atoms with E-state index in [1.807, 2.05) is 18.2 Å². The zero-order chi connectivity index (χ0) is 10.7. The topological polar surface area (TPSA) is 27.7 Å². The molecule has 0 bridgehead atoms. The fourth-order valence-electron chi connectivity index (χ4n) is 1.53. The van der Waals surface area contributed by atoms with Crippen LogP contribution in [-0.2, 0) is 9.47 Å². The van der Waals surface area contributed by atoms with Crippen molar-refractivity contribution in [1.82, 2.24) is 0 Å². The van der Waals surface area contributed by atoms with Gasteiger partial charge in [-0.05, 0) is 28.4 Å². The molecule has 0 saturated carbocycles. The fourth-order valence-corrected chi connectivity index (χ4v) is 2.15. The first-order valence-corrected chi connectivity index (χ1v) is 5.68. The summed E-state index contributed by atoms with van der Waals surface area (Å²) in [5, 5.41) is 0. The standard InChI is InChI=1S/C11H13BrO3/c1-13-9-5-2-4-8(10(9)12)11-14-6-3-7-15-11/h2,4-5,11H,3,6-7H2,1H3. The van der Waals surface area contributed by atoms with Gasteiger partial charge in [0.1, 0.15) is 5.75 Å². The van der Waals surface area contributed by atoms with Crippen molar-refractivity contribution in [3.05, 3.63) is 28.2 Å². The summed E-state index contributed by atoms with van der Waals surface area (Å²) >= 11 is 3.49. The minimum atomic E-state index is -0.275. The van der Waals surface area contributed by atoms with Crippen LogP contribution in [0.4, 0.5) is 0 Å². The Labute approximate surface area is 97.5 Å². The molecule has 1 heterocycles. The Morgan fingerprint density at radius 2 is 2.07 bits per heavy atom. The molecule has 0 aromatic heterocycles. The monoisotopic (exact) mass is 272 g/mol. The van der Waals surface area contributed by atoms with Gasteiger partial charge in [-0.2, -0.15) is 0 Å². The second-order valence-electron chi connectivity index (χ2n) is 3.29. The van der Waals surface area contributed by atoms with Crippen molar-refractivity contribution < 1.29 is 14.2 Å². The summed E-state index contributed by atoms with van der Waals surface area (Å²) in [5.41, 5.74) is 0.981. The van der Waals surface area contributed by atoms with E-state index in [0.29, 0.717) is 0 Å². The van der Waals surface area contributed by atoms with E-state index in [0.717, 1.165) is 35.4 Å². The highest BCUT2D eigenvalue weighted by Crippen LogP contribution is 2.35. The van der Waals surface area contributed by atoms with Crippen molar-refractivity contribution in [2.45, 2.75) is 12.7 Å². The first-order chi connectivity index (χ1) is 7.33. The Bertz CT molecular complexity index is 335. The van der Waals surface area contributed by atoms with Crippen molar-refractivity contribution >= 4 is 15.9 Å². The van der Waals surface area contributed by atoms with Crippen LogP contribution in [0.1, 0.15) is 18.3 Å². The van der Waals surface area contributed by atoms with Crippen molar-refractivity contribution in [3.8, 4) is 5.75 Å². The summed E-state index contributed by atoms with van der Waals surface area (Å²) in [7, 11) is 1.65. The number of hydrogen-bond acceptors (Lipinski definition) is 3. The number of hydrogen-bond donors (Lipinski definition) is 0. The van der Waals surface area contributed by atoms with Crippen LogP contribution in [0, 0.1) is 0 Å². The zero-order valence-corrected chi connectivity index (χ0v) is 10.1. The molecule has 3 nitrogen and oxygen atoms in total. The predicted molar refractivity (Wildman–Crippen MR) is 60.0 cm³/mol. The highest BCUT2D eigenvalue weighted by atomic mass is 79.9. The van der Waals surface area contributed by atoms with Gasteiger partial charge in [-0.3, -0.25) is 0 Å². The lowest BCUT2D eigenvalue weighted by molar-refractivity contribution is -0.183. The first kappa shape index (κ1) is 10.9. The highest BCUT2D eigenvalue weighted by molar-refractivity contribution is 9.10. The number of methoxy groups -OCH3 is 1. The van der Waals surface area contributed by atoms with Gasteiger partial charge in [0.25, 0.3) is 0 Å². The minimum absolute atomic E-state index is 0.275. The molecule has 0 atom stereocenters. The van der Waals surface area contributed by atoms with E-state index in [1.54, 1.807) is 7.11 Å². The quantitative estimate of drug-likeness (QED) is 0.829. The van der Waals surface area contributed by atoms with Crippen LogP contribution in [0.15, 0.2) is 22.7 Å². The van der Waals surface area contributed by atoms with E-state index < -0.39 is 0 Å². The minimum Gasteiger partial charge on any atom is -0.496 e. The Hall–Kier alpha value is -0.580. The van der Waals surface area contributed by atoms with Gasteiger partial charge in [0, 0.05) is 5.56 Å². The van der Waals surface area contributed by atoms with Gasteiger partial charge in [-0.15, -0.1) is 0 Å². The summed E-state index contributed by atoms with van der Waals surface area (Å²) in [4.78, 5) is 0. The lowest BCUT2D eigenvalue weighted by Crippen LogP contribution is -2.18. The van der Waals surface area contributed by atoms with Crippen molar-refractivity contribution in [2.75, 3.05) is 20.3 Å². The largest absolute Gasteiger partial charge is 0.496 e. The molecule has 0 amide bonds. The maximum Gasteiger partial charge on any atom is 0.185 e. The lowest BCUT2D eigenvalue weighted by Gasteiger charge is -2.24. The maximum absolute atomic E-state index is 5.54. The molecule has 0 radical (unpaired) electrons. The molecule has 1 fully saturated rings. The van der Waals surface area contributed by atoms with E-state index in [9.17, 15) is 0 Å². The van der Waals surface area contributed by atoms with Gasteiger partial charge < -0.3 is 14.2 Å². The number of ether oxygens (including phenoxy) is 3. The zero-order valence-electron chi connectivity index (χ0n) is 8.53. The van der Waals surface area contributed by atoms with Crippen LogP contribution in [0.5, 0.6) is 5.75 Å². The van der Waals surface area contributed by atoms with E-state index in [-0.39, 0.29) is 6.29 Å². The van der Waals surface area contributed by atoms with Crippen molar-refractivity contribution in [3.63, 3.8) is 0 Å². The second kappa shape index (κ2) is 4.96. The normalized spacial score (nSPS) is 17.7. The van der Waals surface area contributed by atoms with Gasteiger partial charge in [0.15, 0.2) is 6.29 Å². The van der Waals surface area contributed by atoms with E-state index in [1.165, 1.54) is 0 Å². The van der Waals surface area contributed by atoms with Crippen LogP contribution in [-0.4, -0.2) is 20.3 Å². The maximum atomic E-state index is 5.54. The molecule has 0 N–H and O–H groups in total. The van der Waals surface area contributed by atoms with Crippen molar-refractivity contribution in [1.29, 1.82) is 0 Å². The Balaban J connectivity index is 2.26. The molecule has 82 valence electrons. The van der Waals surface area contributed by atoms with E-state index in [4.69, 9.17) is 14.2 Å². The van der Waals surface area contributed by atoms with Gasteiger partial charge in [-0.1, -0.05) is 12.1 Å². The SMILES string of the molecule is COc1cccc(C2OCCCO2)c1Br. The molecule has 1 aromatic carbocycles. The van der Waals surface area contributed by atoms with E-state index >= 15 is 0 Å². The predicted octanol–water partition coefficient (Wildman–Crippen LogP) is 2.89. The number of benzene rings is 1. The van der Waals surface area contributed by atoms with E-state index in [2.05, 4.69) is 15.9 Å². The molecule has 1 aliphatic heterocycles. The molecule has 1 aromatic rings. The van der Waals surface area contributed by atoms with Crippen LogP contribution in [0.2, 0.25) is 0 Å². The van der Waals surface area contributed by atoms with Gasteiger partial charge in [0.05, 0.1) is 24.8 Å². The first-order valence-electron chi connectivity index (χ1n) is 4.88. The summed E-state index contributed by atoms with van der Waals surface area (Å²) in [6.45, 7) is 1.49. The Morgan fingerprint density at radius 1 is 1.33 bits per heavy atom. The summed E-state index contributed by atoms with van der Waals surface area (Å²) in [5.74, 6) is 0.797. The highest BCUT2D eigenvalue weighted by Gasteiger charge is 2.20. The molecule has 1 saturated heterocycles. The molecule has 4 heteroatoms. The second-order valence-corrected chi connectivity index (χ2v) is 4.08. The number of rotatable bonds is 2. The third kappa shape index (κ3) is 2.33. The number of halogens is 1. The van der Waals surface area contributed by atoms with Gasteiger partial charge in [0.2, 0.25) is 0 Å². The average molecular weight is 273 g/mol. The molecular formula is C11H13BrO3. The molecule has 0 aliphatic carbocycles. The average Bonchev–Trinajstić information content (AvgIpc) is 2.30. The van der Waals surface area contributed by atoms with Crippen LogP contribution in [0.25, 0.3) is 0 Å². The molecule has 15 heavy (non-hydrogen) atoms. The summed E-state index contributed by atoms with van der Waals surface area (Å²) in [6.07, 6.45) is 0.682. The third-order valence-corrected chi connectivity index (χ3v) is 3.14. The molecule has 0 spiro atoms. The smallest absolute Gasteiger partial charge is 0.185 e. The molecule has 2 rings (SSSR count). The van der Waals surface area contributed by atoms with Crippen LogP contribution < -0.4 is 4.74 Å². The summed E-state index contributed by atoms with van der Waals surface area (Å²) < 4.78 is 17.2. The van der Waals surface area contributed by atoms with Crippen LogP contribution in [0.3, 0.4) is 0 Å². The molecule has 0 unspecified atom stereocenters. The Kier molecular flexibility index (Phi) is 3.61. The molecular weight excluding hydrogens is 260 g/mol. The van der Waals surface area contributed by atoms with Crippen LogP contribution >= 0.6 is 15.9 Å². The van der Waals surface area contributed by atoms with Crippen molar-refractivity contribution in [2.24, 2.45) is 0 Å². The third-order valence-electron chi connectivity index (χ3n) is 2.29. The van der Waals surface area contributed by atoms with Gasteiger partial charge >= 0.3 is 0 Å². The Morgan fingerprint density at radius 3 is 2.73 bits per heavy atom. The summed E-state index contributed by atoms with van der Waals surface area (Å²) in [6, 6.07) is 5.80. The lowest BCUT2D eigenvalue weighted by atomic mass is 10.2. The fraction of sp³-hybridized carbons (Fsp3) is 0.455. The molecule has 1 aliphatic rings. The van der Waals surface area contributed by atoms with Gasteiger partial charge in [-0.25, -0.2) is 0 Å².